The highest BCUT2D eigenvalue weighted by Crippen LogP contribution is 2.24. The van der Waals surface area contributed by atoms with E-state index in [1.54, 1.807) is 56.0 Å². The number of carboxylic acids is 1. The standard InChI is InChI=1S/C19H26N2O5/c1-19(2,3)26-18(25)20-15(16(22)21-11-7-8-12-21)14(17(23)24)13-9-5-4-6-10-13/h4-6,9-10,14-15H,7-8,11-12H2,1-3H3,(H,20,25)(H,23,24)/t14-,15-/m0/s1. The summed E-state index contributed by atoms with van der Waals surface area (Å²) < 4.78 is 5.23. The summed E-state index contributed by atoms with van der Waals surface area (Å²) in [4.78, 5) is 38.8. The molecule has 26 heavy (non-hydrogen) atoms. The first-order valence-corrected chi connectivity index (χ1v) is 8.75. The lowest BCUT2D eigenvalue weighted by Gasteiger charge is -2.29. The van der Waals surface area contributed by atoms with Crippen LogP contribution < -0.4 is 5.32 Å². The average molecular weight is 362 g/mol. The summed E-state index contributed by atoms with van der Waals surface area (Å²) in [5.41, 5.74) is -0.301. The molecule has 1 aliphatic rings. The molecule has 1 aliphatic heterocycles. The maximum Gasteiger partial charge on any atom is 0.408 e. The van der Waals surface area contributed by atoms with Gasteiger partial charge in [-0.15, -0.1) is 0 Å². The quantitative estimate of drug-likeness (QED) is 0.838. The molecule has 2 amide bonds. The summed E-state index contributed by atoms with van der Waals surface area (Å²) in [6.07, 6.45) is 0.930. The molecule has 2 atom stereocenters. The molecule has 1 saturated heterocycles. The van der Waals surface area contributed by atoms with E-state index >= 15 is 0 Å². The minimum absolute atomic E-state index is 0.399. The summed E-state index contributed by atoms with van der Waals surface area (Å²) in [6.45, 7) is 6.24. The van der Waals surface area contributed by atoms with Crippen molar-refractivity contribution in [2.45, 2.75) is 51.2 Å². The third kappa shape index (κ3) is 5.21. The Kier molecular flexibility index (Phi) is 6.23. The molecule has 1 fully saturated rings. The molecule has 1 aromatic rings. The predicted molar refractivity (Wildman–Crippen MR) is 95.8 cm³/mol. The van der Waals surface area contributed by atoms with E-state index in [-0.39, 0.29) is 0 Å². The smallest absolute Gasteiger partial charge is 0.408 e. The maximum absolute atomic E-state index is 13.0. The second-order valence-corrected chi connectivity index (χ2v) is 7.38. The van der Waals surface area contributed by atoms with E-state index in [2.05, 4.69) is 5.32 Å². The molecule has 142 valence electrons. The van der Waals surface area contributed by atoms with Gasteiger partial charge in [-0.05, 0) is 39.2 Å². The van der Waals surface area contributed by atoms with Crippen molar-refractivity contribution in [3.8, 4) is 0 Å². The lowest BCUT2D eigenvalue weighted by atomic mass is 9.90. The minimum atomic E-state index is -1.23. The molecule has 0 aromatic heterocycles. The number of amides is 2. The first-order chi connectivity index (χ1) is 12.2. The summed E-state index contributed by atoms with van der Waals surface area (Å²) in [7, 11) is 0. The highest BCUT2D eigenvalue weighted by atomic mass is 16.6. The highest BCUT2D eigenvalue weighted by Gasteiger charge is 2.40. The van der Waals surface area contributed by atoms with E-state index in [1.807, 2.05) is 0 Å². The first kappa shape index (κ1) is 19.8. The zero-order chi connectivity index (χ0) is 19.3. The van der Waals surface area contributed by atoms with Crippen molar-refractivity contribution in [3.63, 3.8) is 0 Å². The Labute approximate surface area is 153 Å². The molecule has 0 unspecified atom stereocenters. The van der Waals surface area contributed by atoms with Gasteiger partial charge in [0.05, 0.1) is 0 Å². The topological polar surface area (TPSA) is 95.9 Å². The molecule has 1 aromatic carbocycles. The Morgan fingerprint density at radius 2 is 1.69 bits per heavy atom. The largest absolute Gasteiger partial charge is 0.481 e. The number of hydrogen-bond acceptors (Lipinski definition) is 4. The summed E-state index contributed by atoms with van der Waals surface area (Å²) in [5, 5.41) is 12.3. The van der Waals surface area contributed by atoms with Gasteiger partial charge in [-0.25, -0.2) is 4.79 Å². The molecule has 7 heteroatoms. The van der Waals surface area contributed by atoms with Crippen molar-refractivity contribution >= 4 is 18.0 Å². The number of nitrogens with one attached hydrogen (secondary N) is 1. The Balaban J connectivity index is 2.32. The molecule has 0 aliphatic carbocycles. The Morgan fingerprint density at radius 3 is 2.19 bits per heavy atom. The fourth-order valence-corrected chi connectivity index (χ4v) is 2.99. The molecule has 0 radical (unpaired) electrons. The van der Waals surface area contributed by atoms with Crippen LogP contribution in [0, 0.1) is 0 Å². The number of aliphatic carboxylic acids is 1. The fraction of sp³-hybridized carbons (Fsp3) is 0.526. The van der Waals surface area contributed by atoms with Gasteiger partial charge in [0.15, 0.2) is 0 Å². The van der Waals surface area contributed by atoms with E-state index in [0.29, 0.717) is 18.7 Å². The minimum Gasteiger partial charge on any atom is -0.481 e. The van der Waals surface area contributed by atoms with Crippen molar-refractivity contribution < 1.29 is 24.2 Å². The highest BCUT2D eigenvalue weighted by molar-refractivity contribution is 5.93. The molecule has 7 nitrogen and oxygen atoms in total. The second-order valence-electron chi connectivity index (χ2n) is 7.38. The maximum atomic E-state index is 13.0. The predicted octanol–water partition coefficient (Wildman–Crippen LogP) is 2.37. The van der Waals surface area contributed by atoms with Gasteiger partial charge in [-0.1, -0.05) is 30.3 Å². The molecule has 2 N–H and O–H groups in total. The number of benzene rings is 1. The van der Waals surface area contributed by atoms with Crippen LogP contribution in [-0.4, -0.2) is 52.7 Å². The third-order valence-electron chi connectivity index (χ3n) is 4.11. The molecular formula is C19H26N2O5. The van der Waals surface area contributed by atoms with E-state index in [4.69, 9.17) is 4.74 Å². The zero-order valence-electron chi connectivity index (χ0n) is 15.4. The Bertz CT molecular complexity index is 648. The number of rotatable bonds is 5. The van der Waals surface area contributed by atoms with Gasteiger partial charge < -0.3 is 20.1 Å². The zero-order valence-corrected chi connectivity index (χ0v) is 15.4. The van der Waals surface area contributed by atoms with Crippen LogP contribution in [-0.2, 0) is 14.3 Å². The van der Waals surface area contributed by atoms with E-state index in [1.165, 1.54) is 0 Å². The number of carboxylic acid groups (broad SMARTS) is 1. The Morgan fingerprint density at radius 1 is 1.12 bits per heavy atom. The van der Waals surface area contributed by atoms with E-state index < -0.39 is 35.5 Å². The van der Waals surface area contributed by atoms with Gasteiger partial charge in [0.1, 0.15) is 17.6 Å². The summed E-state index contributed by atoms with van der Waals surface area (Å²) >= 11 is 0. The number of carbonyl (C=O) groups excluding carboxylic acids is 2. The van der Waals surface area contributed by atoms with Gasteiger partial charge in [0, 0.05) is 13.1 Å². The number of likely N-dealkylation sites (tertiary alicyclic amines) is 1. The van der Waals surface area contributed by atoms with Crippen molar-refractivity contribution in [3.05, 3.63) is 35.9 Å². The van der Waals surface area contributed by atoms with Gasteiger partial charge in [0.25, 0.3) is 0 Å². The monoisotopic (exact) mass is 362 g/mol. The second kappa shape index (κ2) is 8.21. The van der Waals surface area contributed by atoms with Gasteiger partial charge in [-0.2, -0.15) is 0 Å². The number of carbonyl (C=O) groups is 3. The van der Waals surface area contributed by atoms with Crippen molar-refractivity contribution in [1.82, 2.24) is 10.2 Å². The number of nitrogens with zero attached hydrogens (tertiary/aromatic N) is 1. The molecule has 2 rings (SSSR count). The third-order valence-corrected chi connectivity index (χ3v) is 4.11. The molecule has 0 saturated carbocycles. The van der Waals surface area contributed by atoms with Gasteiger partial charge in [-0.3, -0.25) is 9.59 Å². The van der Waals surface area contributed by atoms with Crippen LogP contribution in [0.4, 0.5) is 4.79 Å². The molecule has 0 bridgehead atoms. The van der Waals surface area contributed by atoms with Crippen LogP contribution in [0.3, 0.4) is 0 Å². The van der Waals surface area contributed by atoms with Crippen LogP contribution in [0.5, 0.6) is 0 Å². The van der Waals surface area contributed by atoms with E-state index in [0.717, 1.165) is 12.8 Å². The SMILES string of the molecule is CC(C)(C)OC(=O)N[C@H](C(=O)N1CCCC1)[C@@H](C(=O)O)c1ccccc1. The van der Waals surface area contributed by atoms with Gasteiger partial charge in [0.2, 0.25) is 5.91 Å². The van der Waals surface area contributed by atoms with Crippen LogP contribution in [0.25, 0.3) is 0 Å². The Hall–Kier alpha value is -2.57. The summed E-state index contributed by atoms with van der Waals surface area (Å²) in [5.74, 6) is -2.77. The van der Waals surface area contributed by atoms with Crippen molar-refractivity contribution in [1.29, 1.82) is 0 Å². The van der Waals surface area contributed by atoms with Crippen LogP contribution in [0.2, 0.25) is 0 Å². The lowest BCUT2D eigenvalue weighted by Crippen LogP contribution is -2.53. The normalized spacial score (nSPS) is 16.7. The number of alkyl carbamates (subject to hydrolysis) is 1. The fourth-order valence-electron chi connectivity index (χ4n) is 2.99. The van der Waals surface area contributed by atoms with Crippen molar-refractivity contribution in [2.75, 3.05) is 13.1 Å². The molecular weight excluding hydrogens is 336 g/mol. The van der Waals surface area contributed by atoms with Crippen LogP contribution >= 0.6 is 0 Å². The van der Waals surface area contributed by atoms with Crippen molar-refractivity contribution in [2.24, 2.45) is 0 Å². The van der Waals surface area contributed by atoms with Crippen LogP contribution in [0.1, 0.15) is 45.1 Å². The molecule has 0 spiro atoms. The number of hydrogen-bond donors (Lipinski definition) is 2. The lowest BCUT2D eigenvalue weighted by molar-refractivity contribution is -0.144. The average Bonchev–Trinajstić information content (AvgIpc) is 3.07. The first-order valence-electron chi connectivity index (χ1n) is 8.75. The number of ether oxygens (including phenoxy) is 1. The summed E-state index contributed by atoms with van der Waals surface area (Å²) in [6, 6.07) is 7.22. The van der Waals surface area contributed by atoms with Crippen LogP contribution in [0.15, 0.2) is 30.3 Å². The van der Waals surface area contributed by atoms with E-state index in [9.17, 15) is 19.5 Å². The van der Waals surface area contributed by atoms with Gasteiger partial charge >= 0.3 is 12.1 Å². The molecule has 1 heterocycles.